The molecule has 1 unspecified atom stereocenters. The third-order valence-electron chi connectivity index (χ3n) is 4.63. The third-order valence-corrected chi connectivity index (χ3v) is 4.63. The van der Waals surface area contributed by atoms with Gasteiger partial charge in [-0.2, -0.15) is 0 Å². The first-order chi connectivity index (χ1) is 12.5. The normalized spacial score (nSPS) is 15.8. The van der Waals surface area contributed by atoms with E-state index >= 15 is 0 Å². The molecular formula is C20H26N4O2. The molecule has 3 rings (SSSR count). The van der Waals surface area contributed by atoms with E-state index < -0.39 is 6.10 Å². The molecule has 1 amide bonds. The number of anilines is 1. The van der Waals surface area contributed by atoms with E-state index in [0.29, 0.717) is 25.0 Å². The van der Waals surface area contributed by atoms with Gasteiger partial charge in [-0.1, -0.05) is 26.0 Å². The molecule has 2 heterocycles. The van der Waals surface area contributed by atoms with Gasteiger partial charge in [0.25, 0.3) is 5.91 Å². The highest BCUT2D eigenvalue weighted by atomic mass is 16.5. The molecule has 1 saturated heterocycles. The molecule has 0 radical (unpaired) electrons. The van der Waals surface area contributed by atoms with Gasteiger partial charge in [0.2, 0.25) is 5.95 Å². The summed E-state index contributed by atoms with van der Waals surface area (Å²) >= 11 is 0. The second-order valence-electron chi connectivity index (χ2n) is 6.84. The van der Waals surface area contributed by atoms with Crippen molar-refractivity contribution in [1.29, 1.82) is 0 Å². The number of benzene rings is 1. The number of rotatable bonds is 5. The maximum atomic E-state index is 12.7. The number of piperazine rings is 1. The standard InChI is InChI=1S/C20H26N4O2/c1-15(2)17-5-7-18(8-6-17)26-16(3)19(25)23-11-13-24(14-12-23)20-21-9-4-10-22-20/h4-10,15-16H,11-14H2,1-3H3. The van der Waals surface area contributed by atoms with Gasteiger partial charge in [0, 0.05) is 38.6 Å². The molecule has 0 saturated carbocycles. The van der Waals surface area contributed by atoms with Gasteiger partial charge in [-0.25, -0.2) is 9.97 Å². The lowest BCUT2D eigenvalue weighted by molar-refractivity contribution is -0.138. The molecule has 6 nitrogen and oxygen atoms in total. The van der Waals surface area contributed by atoms with Crippen LogP contribution in [0.25, 0.3) is 0 Å². The summed E-state index contributed by atoms with van der Waals surface area (Å²) in [5, 5.41) is 0. The van der Waals surface area contributed by atoms with Gasteiger partial charge < -0.3 is 14.5 Å². The first-order valence-electron chi connectivity index (χ1n) is 9.12. The first-order valence-corrected chi connectivity index (χ1v) is 9.12. The van der Waals surface area contributed by atoms with E-state index in [1.165, 1.54) is 5.56 Å². The number of carbonyl (C=O) groups is 1. The van der Waals surface area contributed by atoms with Crippen molar-refractivity contribution in [3.8, 4) is 5.75 Å². The summed E-state index contributed by atoms with van der Waals surface area (Å²) in [6, 6.07) is 9.77. The Kier molecular flexibility index (Phi) is 5.71. The molecule has 2 aromatic rings. The number of ether oxygens (including phenoxy) is 1. The molecule has 138 valence electrons. The van der Waals surface area contributed by atoms with E-state index in [1.807, 2.05) is 24.0 Å². The number of carbonyl (C=O) groups excluding carboxylic acids is 1. The van der Waals surface area contributed by atoms with Crippen molar-refractivity contribution >= 4 is 11.9 Å². The number of nitrogens with zero attached hydrogens (tertiary/aromatic N) is 4. The molecule has 1 atom stereocenters. The van der Waals surface area contributed by atoms with E-state index in [9.17, 15) is 4.79 Å². The van der Waals surface area contributed by atoms with Gasteiger partial charge in [0.15, 0.2) is 6.10 Å². The Morgan fingerprint density at radius 2 is 1.62 bits per heavy atom. The average molecular weight is 354 g/mol. The molecule has 0 aliphatic carbocycles. The van der Waals surface area contributed by atoms with E-state index in [2.05, 4.69) is 40.8 Å². The Bertz CT molecular complexity index is 710. The third kappa shape index (κ3) is 4.31. The van der Waals surface area contributed by atoms with Crippen molar-refractivity contribution in [1.82, 2.24) is 14.9 Å². The lowest BCUT2D eigenvalue weighted by Crippen LogP contribution is -2.52. The Morgan fingerprint density at radius 1 is 1.00 bits per heavy atom. The highest BCUT2D eigenvalue weighted by Crippen LogP contribution is 2.20. The van der Waals surface area contributed by atoms with E-state index in [0.717, 1.165) is 18.8 Å². The quantitative estimate of drug-likeness (QED) is 0.826. The van der Waals surface area contributed by atoms with Crippen molar-refractivity contribution in [3.05, 3.63) is 48.3 Å². The van der Waals surface area contributed by atoms with Crippen LogP contribution in [0.1, 0.15) is 32.3 Å². The summed E-state index contributed by atoms with van der Waals surface area (Å²) in [5.74, 6) is 1.94. The topological polar surface area (TPSA) is 58.6 Å². The van der Waals surface area contributed by atoms with Crippen molar-refractivity contribution in [3.63, 3.8) is 0 Å². The molecule has 26 heavy (non-hydrogen) atoms. The Morgan fingerprint density at radius 3 is 2.19 bits per heavy atom. The van der Waals surface area contributed by atoms with Crippen LogP contribution in [0.2, 0.25) is 0 Å². The second kappa shape index (κ2) is 8.17. The van der Waals surface area contributed by atoms with E-state index in [-0.39, 0.29) is 5.91 Å². The predicted octanol–water partition coefficient (Wildman–Crippen LogP) is 2.72. The maximum Gasteiger partial charge on any atom is 0.263 e. The van der Waals surface area contributed by atoms with Crippen LogP contribution in [0, 0.1) is 0 Å². The van der Waals surface area contributed by atoms with Crippen LogP contribution in [0.15, 0.2) is 42.7 Å². The van der Waals surface area contributed by atoms with Gasteiger partial charge >= 0.3 is 0 Å². The highest BCUT2D eigenvalue weighted by Gasteiger charge is 2.26. The number of hydrogen-bond acceptors (Lipinski definition) is 5. The minimum atomic E-state index is -0.501. The summed E-state index contributed by atoms with van der Waals surface area (Å²) in [5.41, 5.74) is 1.26. The molecular weight excluding hydrogens is 328 g/mol. The fourth-order valence-corrected chi connectivity index (χ4v) is 3.02. The van der Waals surface area contributed by atoms with Crippen LogP contribution in [0.4, 0.5) is 5.95 Å². The Hall–Kier alpha value is -2.63. The van der Waals surface area contributed by atoms with Crippen LogP contribution in [-0.4, -0.2) is 53.1 Å². The molecule has 6 heteroatoms. The summed E-state index contributed by atoms with van der Waals surface area (Å²) < 4.78 is 5.85. The summed E-state index contributed by atoms with van der Waals surface area (Å²) in [4.78, 5) is 25.2. The molecule has 1 aliphatic rings. The number of hydrogen-bond donors (Lipinski definition) is 0. The first kappa shape index (κ1) is 18.2. The zero-order valence-electron chi connectivity index (χ0n) is 15.6. The van der Waals surface area contributed by atoms with E-state index in [1.54, 1.807) is 18.5 Å². The fourth-order valence-electron chi connectivity index (χ4n) is 3.02. The largest absolute Gasteiger partial charge is 0.481 e. The van der Waals surface area contributed by atoms with Crippen LogP contribution in [0.5, 0.6) is 5.75 Å². The minimum absolute atomic E-state index is 0.0200. The van der Waals surface area contributed by atoms with Crippen molar-refractivity contribution in [2.75, 3.05) is 31.1 Å². The molecule has 1 aromatic carbocycles. The molecule has 0 bridgehead atoms. The smallest absolute Gasteiger partial charge is 0.263 e. The molecule has 1 aromatic heterocycles. The fraction of sp³-hybridized carbons (Fsp3) is 0.450. The van der Waals surface area contributed by atoms with Gasteiger partial charge in [-0.3, -0.25) is 4.79 Å². The summed E-state index contributed by atoms with van der Waals surface area (Å²) in [6.07, 6.45) is 2.97. The van der Waals surface area contributed by atoms with Crippen molar-refractivity contribution < 1.29 is 9.53 Å². The lowest BCUT2D eigenvalue weighted by Gasteiger charge is -2.35. The van der Waals surface area contributed by atoms with Crippen LogP contribution in [-0.2, 0) is 4.79 Å². The number of aromatic nitrogens is 2. The van der Waals surface area contributed by atoms with Gasteiger partial charge in [-0.05, 0) is 36.6 Å². The second-order valence-corrected chi connectivity index (χ2v) is 6.84. The molecule has 1 aliphatic heterocycles. The van der Waals surface area contributed by atoms with Crippen LogP contribution >= 0.6 is 0 Å². The monoisotopic (exact) mass is 354 g/mol. The summed E-state index contributed by atoms with van der Waals surface area (Å²) in [6.45, 7) is 8.88. The SMILES string of the molecule is CC(Oc1ccc(C(C)C)cc1)C(=O)N1CCN(c2ncccn2)CC1. The average Bonchev–Trinajstić information content (AvgIpc) is 2.68. The lowest BCUT2D eigenvalue weighted by atomic mass is 10.0. The van der Waals surface area contributed by atoms with Gasteiger partial charge in [-0.15, -0.1) is 0 Å². The highest BCUT2D eigenvalue weighted by molar-refractivity contribution is 5.81. The van der Waals surface area contributed by atoms with Crippen LogP contribution in [0.3, 0.4) is 0 Å². The molecule has 0 N–H and O–H groups in total. The Balaban J connectivity index is 1.53. The number of amides is 1. The predicted molar refractivity (Wildman–Crippen MR) is 101 cm³/mol. The zero-order valence-corrected chi connectivity index (χ0v) is 15.6. The molecule has 1 fully saturated rings. The van der Waals surface area contributed by atoms with Crippen LogP contribution < -0.4 is 9.64 Å². The zero-order chi connectivity index (χ0) is 18.5. The van der Waals surface area contributed by atoms with E-state index in [4.69, 9.17) is 4.74 Å². The Labute approximate surface area is 154 Å². The van der Waals surface area contributed by atoms with Crippen molar-refractivity contribution in [2.45, 2.75) is 32.8 Å². The minimum Gasteiger partial charge on any atom is -0.481 e. The van der Waals surface area contributed by atoms with Gasteiger partial charge in [0.05, 0.1) is 0 Å². The van der Waals surface area contributed by atoms with Gasteiger partial charge in [0.1, 0.15) is 5.75 Å². The van der Waals surface area contributed by atoms with Crippen molar-refractivity contribution in [2.24, 2.45) is 0 Å². The molecule has 0 spiro atoms. The summed E-state index contributed by atoms with van der Waals surface area (Å²) in [7, 11) is 0. The maximum absolute atomic E-state index is 12.7.